The fourth-order valence-electron chi connectivity index (χ4n) is 1.83. The Kier molecular flexibility index (Phi) is 3.02. The summed E-state index contributed by atoms with van der Waals surface area (Å²) in [4.78, 5) is 0. The molecule has 2 aromatic carbocycles. The van der Waals surface area contributed by atoms with Gasteiger partial charge in [-0.15, -0.1) is 0 Å². The first-order valence-corrected chi connectivity index (χ1v) is 5.41. The third-order valence-electron chi connectivity index (χ3n) is 2.77. The molecule has 0 radical (unpaired) electrons. The first kappa shape index (κ1) is 11.5. The van der Waals surface area contributed by atoms with Crippen molar-refractivity contribution in [2.75, 3.05) is 5.73 Å². The topological polar surface area (TPSA) is 66.5 Å². The number of aliphatic hydroxyl groups excluding tert-OH is 1. The number of aromatic hydroxyl groups is 1. The van der Waals surface area contributed by atoms with Crippen LogP contribution < -0.4 is 5.73 Å². The molecule has 0 amide bonds. The second-order valence-electron chi connectivity index (χ2n) is 4.09. The number of hydrogen-bond donors (Lipinski definition) is 3. The molecule has 0 aliphatic carbocycles. The lowest BCUT2D eigenvalue weighted by molar-refractivity contribution is 0.216. The van der Waals surface area contributed by atoms with Crippen LogP contribution in [0.25, 0.3) is 0 Å². The van der Waals surface area contributed by atoms with Gasteiger partial charge in [0.2, 0.25) is 0 Å². The molecule has 0 heterocycles. The van der Waals surface area contributed by atoms with Gasteiger partial charge in [0, 0.05) is 16.8 Å². The molecule has 2 aromatic rings. The second kappa shape index (κ2) is 4.47. The predicted molar refractivity (Wildman–Crippen MR) is 67.8 cm³/mol. The molecule has 3 nitrogen and oxygen atoms in total. The van der Waals surface area contributed by atoms with Gasteiger partial charge in [0.1, 0.15) is 11.9 Å². The molecule has 0 fully saturated rings. The molecule has 0 aromatic heterocycles. The lowest BCUT2D eigenvalue weighted by Crippen LogP contribution is -2.04. The van der Waals surface area contributed by atoms with Crippen molar-refractivity contribution in [1.82, 2.24) is 0 Å². The van der Waals surface area contributed by atoms with E-state index in [0.717, 1.165) is 5.56 Å². The fourth-order valence-corrected chi connectivity index (χ4v) is 1.83. The Bertz CT molecular complexity index is 537. The molecule has 4 N–H and O–H groups in total. The van der Waals surface area contributed by atoms with Crippen LogP contribution in [0.2, 0.25) is 0 Å². The lowest BCUT2D eigenvalue weighted by atomic mass is 9.98. The maximum atomic E-state index is 10.2. The zero-order chi connectivity index (χ0) is 12.4. The minimum Gasteiger partial charge on any atom is -0.508 e. The van der Waals surface area contributed by atoms with E-state index in [9.17, 15) is 10.2 Å². The van der Waals surface area contributed by atoms with Crippen LogP contribution in [0.5, 0.6) is 5.75 Å². The molecule has 1 unspecified atom stereocenters. The SMILES string of the molecule is Cc1ccc(C(O)c2ccccc2O)c(N)c1. The number of phenolic OH excluding ortho intramolecular Hbond substituents is 1. The Morgan fingerprint density at radius 3 is 2.41 bits per heavy atom. The number of para-hydroxylation sites is 1. The Hall–Kier alpha value is -2.00. The monoisotopic (exact) mass is 229 g/mol. The molecule has 1 atom stereocenters. The standard InChI is InChI=1S/C14H15NO2/c1-9-6-7-10(12(15)8-9)14(17)11-4-2-3-5-13(11)16/h2-8,14,16-17H,15H2,1H3. The molecular weight excluding hydrogens is 214 g/mol. The number of aliphatic hydroxyl groups is 1. The van der Waals surface area contributed by atoms with E-state index in [4.69, 9.17) is 5.73 Å². The molecule has 0 saturated heterocycles. The van der Waals surface area contributed by atoms with Crippen LogP contribution in [-0.2, 0) is 0 Å². The van der Waals surface area contributed by atoms with E-state index in [1.807, 2.05) is 13.0 Å². The molecular formula is C14H15NO2. The van der Waals surface area contributed by atoms with E-state index in [1.54, 1.807) is 36.4 Å². The average Bonchev–Trinajstić information content (AvgIpc) is 2.29. The van der Waals surface area contributed by atoms with Crippen molar-refractivity contribution in [2.45, 2.75) is 13.0 Å². The smallest absolute Gasteiger partial charge is 0.121 e. The molecule has 0 spiro atoms. The zero-order valence-corrected chi connectivity index (χ0v) is 9.59. The van der Waals surface area contributed by atoms with Gasteiger partial charge in [0.15, 0.2) is 0 Å². The van der Waals surface area contributed by atoms with Gasteiger partial charge in [-0.05, 0) is 24.6 Å². The summed E-state index contributed by atoms with van der Waals surface area (Å²) < 4.78 is 0. The van der Waals surface area contributed by atoms with Crippen LogP contribution in [-0.4, -0.2) is 10.2 Å². The van der Waals surface area contributed by atoms with Gasteiger partial charge >= 0.3 is 0 Å². The van der Waals surface area contributed by atoms with Crippen molar-refractivity contribution in [3.8, 4) is 5.75 Å². The first-order chi connectivity index (χ1) is 8.09. The quantitative estimate of drug-likeness (QED) is 0.692. The average molecular weight is 229 g/mol. The van der Waals surface area contributed by atoms with Crippen LogP contribution >= 0.6 is 0 Å². The Morgan fingerprint density at radius 1 is 1.06 bits per heavy atom. The summed E-state index contributed by atoms with van der Waals surface area (Å²) in [7, 11) is 0. The maximum Gasteiger partial charge on any atom is 0.121 e. The van der Waals surface area contributed by atoms with Gasteiger partial charge in [-0.3, -0.25) is 0 Å². The predicted octanol–water partition coefficient (Wildman–Crippen LogP) is 2.36. The Labute approximate surface area is 100 Å². The van der Waals surface area contributed by atoms with Gasteiger partial charge < -0.3 is 15.9 Å². The Morgan fingerprint density at radius 2 is 1.76 bits per heavy atom. The molecule has 0 bridgehead atoms. The molecule has 0 saturated carbocycles. The van der Waals surface area contributed by atoms with Gasteiger partial charge in [-0.25, -0.2) is 0 Å². The van der Waals surface area contributed by atoms with E-state index < -0.39 is 6.10 Å². The summed E-state index contributed by atoms with van der Waals surface area (Å²) >= 11 is 0. The van der Waals surface area contributed by atoms with Crippen molar-refractivity contribution >= 4 is 5.69 Å². The summed E-state index contributed by atoms with van der Waals surface area (Å²) in [6.07, 6.45) is -0.906. The number of hydrogen-bond acceptors (Lipinski definition) is 3. The van der Waals surface area contributed by atoms with Gasteiger partial charge in [-0.2, -0.15) is 0 Å². The van der Waals surface area contributed by atoms with Gasteiger partial charge in [0.25, 0.3) is 0 Å². The van der Waals surface area contributed by atoms with Crippen LogP contribution in [0.3, 0.4) is 0 Å². The van der Waals surface area contributed by atoms with E-state index in [0.29, 0.717) is 16.8 Å². The number of phenols is 1. The largest absolute Gasteiger partial charge is 0.508 e. The highest BCUT2D eigenvalue weighted by molar-refractivity contribution is 5.53. The number of aryl methyl sites for hydroxylation is 1. The first-order valence-electron chi connectivity index (χ1n) is 5.41. The van der Waals surface area contributed by atoms with E-state index >= 15 is 0 Å². The molecule has 0 aliphatic heterocycles. The third kappa shape index (κ3) is 2.24. The summed E-state index contributed by atoms with van der Waals surface area (Å²) in [5.41, 5.74) is 8.50. The van der Waals surface area contributed by atoms with Crippen molar-refractivity contribution in [1.29, 1.82) is 0 Å². The highest BCUT2D eigenvalue weighted by atomic mass is 16.3. The summed E-state index contributed by atoms with van der Waals surface area (Å²) in [6.45, 7) is 1.94. The van der Waals surface area contributed by atoms with Crippen molar-refractivity contribution in [2.24, 2.45) is 0 Å². The van der Waals surface area contributed by atoms with Crippen molar-refractivity contribution in [3.05, 3.63) is 59.2 Å². The summed E-state index contributed by atoms with van der Waals surface area (Å²) in [6, 6.07) is 12.2. The van der Waals surface area contributed by atoms with Crippen LogP contribution in [0.15, 0.2) is 42.5 Å². The third-order valence-corrected chi connectivity index (χ3v) is 2.77. The second-order valence-corrected chi connectivity index (χ2v) is 4.09. The van der Waals surface area contributed by atoms with E-state index in [1.165, 1.54) is 0 Å². The Balaban J connectivity index is 2.44. The number of anilines is 1. The minimum absolute atomic E-state index is 0.0694. The van der Waals surface area contributed by atoms with E-state index in [-0.39, 0.29) is 5.75 Å². The van der Waals surface area contributed by atoms with Crippen LogP contribution in [0.1, 0.15) is 22.8 Å². The number of nitrogen functional groups attached to an aromatic ring is 1. The van der Waals surface area contributed by atoms with Crippen LogP contribution in [0.4, 0.5) is 5.69 Å². The van der Waals surface area contributed by atoms with Gasteiger partial charge in [0.05, 0.1) is 0 Å². The zero-order valence-electron chi connectivity index (χ0n) is 9.59. The molecule has 88 valence electrons. The van der Waals surface area contributed by atoms with Gasteiger partial charge in [-0.1, -0.05) is 30.3 Å². The number of nitrogens with two attached hydrogens (primary N) is 1. The maximum absolute atomic E-state index is 10.2. The summed E-state index contributed by atoms with van der Waals surface area (Å²) in [5, 5.41) is 19.9. The summed E-state index contributed by atoms with van der Waals surface area (Å²) in [5.74, 6) is 0.0694. The fraction of sp³-hybridized carbons (Fsp3) is 0.143. The molecule has 3 heteroatoms. The highest BCUT2D eigenvalue weighted by Crippen LogP contribution is 2.32. The number of rotatable bonds is 2. The van der Waals surface area contributed by atoms with Crippen molar-refractivity contribution in [3.63, 3.8) is 0 Å². The van der Waals surface area contributed by atoms with Crippen LogP contribution in [0, 0.1) is 6.92 Å². The normalized spacial score (nSPS) is 12.4. The molecule has 17 heavy (non-hydrogen) atoms. The minimum atomic E-state index is -0.906. The lowest BCUT2D eigenvalue weighted by Gasteiger charge is -2.15. The molecule has 0 aliphatic rings. The molecule has 2 rings (SSSR count). The van der Waals surface area contributed by atoms with E-state index in [2.05, 4.69) is 0 Å². The number of benzene rings is 2. The van der Waals surface area contributed by atoms with Crippen molar-refractivity contribution < 1.29 is 10.2 Å². The highest BCUT2D eigenvalue weighted by Gasteiger charge is 2.16.